The van der Waals surface area contributed by atoms with Gasteiger partial charge < -0.3 is 4.74 Å². The molecule has 0 heterocycles. The summed E-state index contributed by atoms with van der Waals surface area (Å²) in [6, 6.07) is 16.2. The van der Waals surface area contributed by atoms with Gasteiger partial charge in [0.05, 0.1) is 22.8 Å². The molecule has 0 spiro atoms. The molecule has 3 atom stereocenters. The molecule has 1 aliphatic rings. The Kier molecular flexibility index (Phi) is 5.62. The van der Waals surface area contributed by atoms with Crippen LogP contribution in [0.1, 0.15) is 30.9 Å². The van der Waals surface area contributed by atoms with Crippen LogP contribution in [-0.4, -0.2) is 26.9 Å². The maximum Gasteiger partial charge on any atom is 0.183 e. The molecule has 3 rings (SSSR count). The minimum atomic E-state index is -3.71. The third-order valence-electron chi connectivity index (χ3n) is 5.23. The van der Waals surface area contributed by atoms with Crippen LogP contribution in [0.3, 0.4) is 0 Å². The molecule has 1 saturated carbocycles. The molecule has 0 N–H and O–H groups in total. The molecule has 27 heavy (non-hydrogen) atoms. The lowest BCUT2D eigenvalue weighted by atomic mass is 10.00. The Hall–Kier alpha value is -1.87. The van der Waals surface area contributed by atoms with Gasteiger partial charge in [-0.1, -0.05) is 42.8 Å². The van der Waals surface area contributed by atoms with Crippen molar-refractivity contribution in [2.75, 3.05) is 13.2 Å². The van der Waals surface area contributed by atoms with Crippen molar-refractivity contribution < 1.29 is 13.2 Å². The van der Waals surface area contributed by atoms with Crippen molar-refractivity contribution in [2.24, 2.45) is 5.41 Å². The zero-order chi connectivity index (χ0) is 19.7. The number of rotatable bonds is 7. The summed E-state index contributed by atoms with van der Waals surface area (Å²) in [5.41, 5.74) is 0.947. The summed E-state index contributed by atoms with van der Waals surface area (Å²) in [7, 11) is -3.71. The van der Waals surface area contributed by atoms with E-state index < -0.39 is 26.4 Å². The van der Waals surface area contributed by atoms with Gasteiger partial charge in [0.25, 0.3) is 0 Å². The molecule has 142 valence electrons. The Morgan fingerprint density at radius 2 is 1.74 bits per heavy atom. The number of ether oxygens (including phenoxy) is 1. The van der Waals surface area contributed by atoms with Crippen molar-refractivity contribution in [3.8, 4) is 6.07 Å². The maximum absolute atomic E-state index is 13.3. The van der Waals surface area contributed by atoms with E-state index in [1.807, 2.05) is 31.2 Å². The number of hydrogen-bond acceptors (Lipinski definition) is 4. The summed E-state index contributed by atoms with van der Waals surface area (Å²) in [6.45, 7) is 4.42. The van der Waals surface area contributed by atoms with Crippen LogP contribution in [0.2, 0.25) is 5.02 Å². The highest BCUT2D eigenvalue weighted by molar-refractivity contribution is 7.92. The Morgan fingerprint density at radius 3 is 2.26 bits per heavy atom. The van der Waals surface area contributed by atoms with E-state index in [9.17, 15) is 13.7 Å². The van der Waals surface area contributed by atoms with Crippen LogP contribution in [-0.2, 0) is 21.0 Å². The van der Waals surface area contributed by atoms with E-state index >= 15 is 0 Å². The molecule has 3 unspecified atom stereocenters. The molecule has 2 aromatic rings. The lowest BCUT2D eigenvalue weighted by Gasteiger charge is -2.10. The number of hydrogen-bond donors (Lipinski definition) is 0. The third-order valence-corrected chi connectivity index (χ3v) is 7.78. The number of nitrogens with zero attached hydrogens (tertiary/aromatic N) is 1. The molecule has 6 heteroatoms. The average molecular weight is 404 g/mol. The second-order valence-corrected chi connectivity index (χ2v) is 9.29. The number of sulfone groups is 1. The van der Waals surface area contributed by atoms with E-state index in [4.69, 9.17) is 16.3 Å². The van der Waals surface area contributed by atoms with Gasteiger partial charge in [0.2, 0.25) is 0 Å². The zero-order valence-electron chi connectivity index (χ0n) is 15.4. The Morgan fingerprint density at radius 1 is 1.11 bits per heavy atom. The second kappa shape index (κ2) is 7.63. The van der Waals surface area contributed by atoms with Crippen molar-refractivity contribution in [3.05, 3.63) is 64.7 Å². The minimum absolute atomic E-state index is 0.0949. The Balaban J connectivity index is 2.04. The molecular weight excluding hydrogens is 382 g/mol. The first kappa shape index (κ1) is 19.9. The molecule has 1 aliphatic carbocycles. The lowest BCUT2D eigenvalue weighted by Crippen LogP contribution is -2.19. The monoisotopic (exact) mass is 403 g/mol. The van der Waals surface area contributed by atoms with E-state index in [1.165, 1.54) is 17.7 Å². The summed E-state index contributed by atoms with van der Waals surface area (Å²) in [4.78, 5) is 0.181. The molecule has 0 saturated heterocycles. The van der Waals surface area contributed by atoms with E-state index in [0.29, 0.717) is 11.6 Å². The molecule has 1 fully saturated rings. The second-order valence-electron chi connectivity index (χ2n) is 6.78. The van der Waals surface area contributed by atoms with Crippen molar-refractivity contribution in [1.29, 1.82) is 5.26 Å². The van der Waals surface area contributed by atoms with Gasteiger partial charge in [-0.05, 0) is 48.7 Å². The molecule has 0 aliphatic heterocycles. The number of aryl methyl sites for hydroxylation is 1. The maximum atomic E-state index is 13.3. The lowest BCUT2D eigenvalue weighted by molar-refractivity contribution is 0.117. The van der Waals surface area contributed by atoms with Crippen molar-refractivity contribution in [3.63, 3.8) is 0 Å². The number of benzene rings is 2. The Bertz CT molecular complexity index is 948. The first-order valence-corrected chi connectivity index (χ1v) is 10.9. The normalized spacial score (nSPS) is 24.4. The highest BCUT2D eigenvalue weighted by Crippen LogP contribution is 2.63. The van der Waals surface area contributed by atoms with E-state index in [1.54, 1.807) is 12.1 Å². The van der Waals surface area contributed by atoms with Gasteiger partial charge in [-0.3, -0.25) is 0 Å². The molecular formula is C21H22ClNO3S. The fourth-order valence-corrected chi connectivity index (χ4v) is 6.11. The summed E-state index contributed by atoms with van der Waals surface area (Å²) < 4.78 is 32.1. The molecule has 0 aromatic heterocycles. The van der Waals surface area contributed by atoms with Crippen molar-refractivity contribution in [1.82, 2.24) is 0 Å². The molecule has 4 nitrogen and oxygen atoms in total. The van der Waals surface area contributed by atoms with Crippen LogP contribution in [0.5, 0.6) is 0 Å². The number of halogens is 1. The minimum Gasteiger partial charge on any atom is -0.380 e. The van der Waals surface area contributed by atoms with Gasteiger partial charge in [-0.15, -0.1) is 0 Å². The van der Waals surface area contributed by atoms with E-state index in [-0.39, 0.29) is 11.5 Å². The fourth-order valence-electron chi connectivity index (χ4n) is 3.67. The van der Waals surface area contributed by atoms with Gasteiger partial charge in [-0.2, -0.15) is 5.26 Å². The smallest absolute Gasteiger partial charge is 0.183 e. The summed E-state index contributed by atoms with van der Waals surface area (Å²) in [6.07, 6.45) is 0.903. The molecule has 0 amide bonds. The summed E-state index contributed by atoms with van der Waals surface area (Å²) in [5, 5.41) is 9.56. The van der Waals surface area contributed by atoms with Gasteiger partial charge >= 0.3 is 0 Å². The molecule has 2 aromatic carbocycles. The molecule has 0 bridgehead atoms. The summed E-state index contributed by atoms with van der Waals surface area (Å²) in [5.74, 6) is -0.416. The van der Waals surface area contributed by atoms with Gasteiger partial charge in [0.1, 0.15) is 5.41 Å². The van der Waals surface area contributed by atoms with Crippen LogP contribution in [0.4, 0.5) is 0 Å². The van der Waals surface area contributed by atoms with Crippen LogP contribution in [0.25, 0.3) is 0 Å². The summed E-state index contributed by atoms with van der Waals surface area (Å²) >= 11 is 5.89. The van der Waals surface area contributed by atoms with Crippen LogP contribution < -0.4 is 0 Å². The van der Waals surface area contributed by atoms with E-state index in [2.05, 4.69) is 13.0 Å². The quantitative estimate of drug-likeness (QED) is 0.687. The highest BCUT2D eigenvalue weighted by atomic mass is 35.5. The standard InChI is InChI=1S/C21H22ClNO3S/c1-3-15-5-7-16(8-6-15)19-20(21(19,13-23)14-26-4-2)27(24,25)18-11-9-17(22)10-12-18/h5-12,19-20H,3-4,14H2,1-2H3. The largest absolute Gasteiger partial charge is 0.380 e. The SMILES string of the molecule is CCOCC1(C#N)C(c2ccc(CC)cc2)C1S(=O)(=O)c1ccc(Cl)cc1. The van der Waals surface area contributed by atoms with Crippen molar-refractivity contribution >= 4 is 21.4 Å². The zero-order valence-corrected chi connectivity index (χ0v) is 16.9. The highest BCUT2D eigenvalue weighted by Gasteiger charge is 2.72. The Labute approximate surface area is 165 Å². The van der Waals surface area contributed by atoms with Gasteiger partial charge in [0.15, 0.2) is 9.84 Å². The van der Waals surface area contributed by atoms with Crippen LogP contribution in [0.15, 0.2) is 53.4 Å². The van der Waals surface area contributed by atoms with Gasteiger partial charge in [0, 0.05) is 17.5 Å². The third kappa shape index (κ3) is 3.50. The molecule has 0 radical (unpaired) electrons. The van der Waals surface area contributed by atoms with Gasteiger partial charge in [-0.25, -0.2) is 8.42 Å². The predicted molar refractivity (Wildman–Crippen MR) is 106 cm³/mol. The van der Waals surface area contributed by atoms with Crippen molar-refractivity contribution in [2.45, 2.75) is 36.3 Å². The first-order chi connectivity index (χ1) is 12.9. The van der Waals surface area contributed by atoms with Crippen LogP contribution >= 0.6 is 11.6 Å². The predicted octanol–water partition coefficient (Wildman–Crippen LogP) is 4.39. The fraction of sp³-hybridized carbons (Fsp3) is 0.381. The van der Waals surface area contributed by atoms with Crippen LogP contribution in [0, 0.1) is 16.7 Å². The average Bonchev–Trinajstić information content (AvgIpc) is 3.37. The first-order valence-electron chi connectivity index (χ1n) is 8.98. The van der Waals surface area contributed by atoms with E-state index in [0.717, 1.165) is 12.0 Å². The topological polar surface area (TPSA) is 67.2 Å². The number of nitriles is 1.